The first-order chi connectivity index (χ1) is 6.24. The molecule has 1 aliphatic rings. The van der Waals surface area contributed by atoms with Gasteiger partial charge in [-0.1, -0.05) is 12.8 Å². The number of hydrogen-bond donors (Lipinski definition) is 3. The van der Waals surface area contributed by atoms with Crippen molar-refractivity contribution in [3.8, 4) is 0 Å². The number of nitrogens with one attached hydrogen (secondary N) is 2. The second kappa shape index (κ2) is 5.19. The van der Waals surface area contributed by atoms with Crippen LogP contribution in [0, 0.1) is 0 Å². The van der Waals surface area contributed by atoms with E-state index in [9.17, 15) is 9.90 Å². The summed E-state index contributed by atoms with van der Waals surface area (Å²) in [5.74, 6) is -0.0298. The van der Waals surface area contributed by atoms with Crippen molar-refractivity contribution in [2.75, 3.05) is 13.6 Å². The molecule has 2 unspecified atom stereocenters. The molecule has 3 N–H and O–H groups in total. The van der Waals surface area contributed by atoms with Gasteiger partial charge in [-0.25, -0.2) is 0 Å². The van der Waals surface area contributed by atoms with Gasteiger partial charge in [0.25, 0.3) is 0 Å². The monoisotopic (exact) mass is 186 g/mol. The Morgan fingerprint density at radius 3 is 2.77 bits per heavy atom. The van der Waals surface area contributed by atoms with Crippen LogP contribution in [-0.2, 0) is 4.79 Å². The number of aliphatic hydroxyl groups is 1. The predicted molar refractivity (Wildman–Crippen MR) is 50.3 cm³/mol. The van der Waals surface area contributed by atoms with E-state index in [0.29, 0.717) is 6.54 Å². The summed E-state index contributed by atoms with van der Waals surface area (Å²) in [7, 11) is 1.61. The topological polar surface area (TPSA) is 61.4 Å². The summed E-state index contributed by atoms with van der Waals surface area (Å²) < 4.78 is 0. The highest BCUT2D eigenvalue weighted by atomic mass is 16.3. The number of hydrogen-bond acceptors (Lipinski definition) is 3. The number of amides is 1. The Balaban J connectivity index is 2.22. The highest BCUT2D eigenvalue weighted by Crippen LogP contribution is 2.17. The van der Waals surface area contributed by atoms with Gasteiger partial charge in [0.15, 0.2) is 0 Å². The van der Waals surface area contributed by atoms with Gasteiger partial charge in [0.05, 0.1) is 12.6 Å². The smallest absolute Gasteiger partial charge is 0.233 e. The predicted octanol–water partition coefficient (Wildman–Crippen LogP) is -0.374. The summed E-state index contributed by atoms with van der Waals surface area (Å²) in [4.78, 5) is 10.9. The lowest BCUT2D eigenvalue weighted by atomic mass is 9.93. The zero-order valence-corrected chi connectivity index (χ0v) is 8.05. The Morgan fingerprint density at radius 2 is 2.15 bits per heavy atom. The average Bonchev–Trinajstić information content (AvgIpc) is 2.16. The third kappa shape index (κ3) is 3.32. The van der Waals surface area contributed by atoms with E-state index in [1.807, 2.05) is 0 Å². The van der Waals surface area contributed by atoms with Crippen LogP contribution in [0.2, 0.25) is 0 Å². The quantitative estimate of drug-likeness (QED) is 0.563. The summed E-state index contributed by atoms with van der Waals surface area (Å²) in [5, 5.41) is 15.2. The molecule has 0 radical (unpaired) electrons. The molecule has 13 heavy (non-hydrogen) atoms. The number of carbonyl (C=O) groups is 1. The van der Waals surface area contributed by atoms with E-state index in [4.69, 9.17) is 0 Å². The Labute approximate surface area is 78.7 Å². The van der Waals surface area contributed by atoms with Gasteiger partial charge in [-0.15, -0.1) is 0 Å². The first-order valence-corrected chi connectivity index (χ1v) is 4.86. The van der Waals surface area contributed by atoms with Crippen molar-refractivity contribution in [2.45, 2.75) is 37.8 Å². The van der Waals surface area contributed by atoms with E-state index >= 15 is 0 Å². The summed E-state index contributed by atoms with van der Waals surface area (Å²) in [6.07, 6.45) is 3.78. The maximum atomic E-state index is 10.9. The van der Waals surface area contributed by atoms with Crippen LogP contribution in [0.5, 0.6) is 0 Å². The Bertz CT molecular complexity index is 173. The van der Waals surface area contributed by atoms with E-state index < -0.39 is 0 Å². The Kier molecular flexibility index (Phi) is 4.18. The van der Waals surface area contributed by atoms with Crippen LogP contribution in [0.4, 0.5) is 0 Å². The van der Waals surface area contributed by atoms with Gasteiger partial charge in [-0.2, -0.15) is 0 Å². The lowest BCUT2D eigenvalue weighted by Crippen LogP contribution is -2.45. The lowest BCUT2D eigenvalue weighted by Gasteiger charge is -2.28. The number of rotatable bonds is 3. The number of likely N-dealkylation sites (N-methyl/N-ethyl adjacent to an activating group) is 1. The fourth-order valence-electron chi connectivity index (χ4n) is 1.66. The van der Waals surface area contributed by atoms with Gasteiger partial charge in [0, 0.05) is 13.1 Å². The molecule has 0 aromatic heterocycles. The lowest BCUT2D eigenvalue weighted by molar-refractivity contribution is -0.120. The molecule has 0 bridgehead atoms. The van der Waals surface area contributed by atoms with Crippen molar-refractivity contribution in [2.24, 2.45) is 0 Å². The molecule has 1 aliphatic carbocycles. The van der Waals surface area contributed by atoms with Crippen LogP contribution in [0.1, 0.15) is 25.7 Å². The summed E-state index contributed by atoms with van der Waals surface area (Å²) >= 11 is 0. The van der Waals surface area contributed by atoms with E-state index in [1.54, 1.807) is 7.05 Å². The first-order valence-electron chi connectivity index (χ1n) is 4.86. The van der Waals surface area contributed by atoms with Gasteiger partial charge in [0.1, 0.15) is 0 Å². The minimum atomic E-state index is -0.279. The largest absolute Gasteiger partial charge is 0.392 e. The third-order valence-corrected chi connectivity index (χ3v) is 2.53. The maximum Gasteiger partial charge on any atom is 0.233 e. The molecule has 0 saturated heterocycles. The fraction of sp³-hybridized carbons (Fsp3) is 0.889. The standard InChI is InChI=1S/C9H18N2O2/c1-10-9(13)6-11-7-4-2-3-5-8(7)12/h7-8,11-12H,2-6H2,1H3,(H,10,13). The van der Waals surface area contributed by atoms with Crippen LogP contribution in [0.25, 0.3) is 0 Å². The van der Waals surface area contributed by atoms with E-state index in [2.05, 4.69) is 10.6 Å². The van der Waals surface area contributed by atoms with Crippen molar-refractivity contribution < 1.29 is 9.90 Å². The molecule has 4 nitrogen and oxygen atoms in total. The maximum absolute atomic E-state index is 10.9. The zero-order chi connectivity index (χ0) is 9.68. The summed E-state index contributed by atoms with van der Waals surface area (Å²) in [5.41, 5.74) is 0. The van der Waals surface area contributed by atoms with Crippen LogP contribution in [-0.4, -0.2) is 36.8 Å². The molecule has 0 heterocycles. The molecule has 0 aromatic carbocycles. The Morgan fingerprint density at radius 1 is 1.46 bits per heavy atom. The minimum Gasteiger partial charge on any atom is -0.392 e. The first kappa shape index (κ1) is 10.5. The van der Waals surface area contributed by atoms with Crippen molar-refractivity contribution in [1.82, 2.24) is 10.6 Å². The second-order valence-corrected chi connectivity index (χ2v) is 3.51. The van der Waals surface area contributed by atoms with Gasteiger partial charge < -0.3 is 15.7 Å². The zero-order valence-electron chi connectivity index (χ0n) is 8.05. The molecule has 0 aliphatic heterocycles. The van der Waals surface area contributed by atoms with Gasteiger partial charge in [0.2, 0.25) is 5.91 Å². The summed E-state index contributed by atoms with van der Waals surface area (Å²) in [6.45, 7) is 0.304. The SMILES string of the molecule is CNC(=O)CNC1CCCCC1O. The third-order valence-electron chi connectivity index (χ3n) is 2.53. The molecule has 1 fully saturated rings. The van der Waals surface area contributed by atoms with E-state index in [0.717, 1.165) is 25.7 Å². The highest BCUT2D eigenvalue weighted by molar-refractivity contribution is 5.77. The highest BCUT2D eigenvalue weighted by Gasteiger charge is 2.22. The molecule has 0 aromatic rings. The van der Waals surface area contributed by atoms with E-state index in [-0.39, 0.29) is 18.1 Å². The number of carbonyl (C=O) groups excluding carboxylic acids is 1. The molecular formula is C9H18N2O2. The minimum absolute atomic E-state index is 0.0298. The van der Waals surface area contributed by atoms with Crippen molar-refractivity contribution in [3.63, 3.8) is 0 Å². The summed E-state index contributed by atoms with van der Waals surface area (Å²) in [6, 6.07) is 0.103. The van der Waals surface area contributed by atoms with Gasteiger partial charge >= 0.3 is 0 Å². The van der Waals surface area contributed by atoms with Gasteiger partial charge in [-0.05, 0) is 12.8 Å². The molecule has 1 saturated carbocycles. The second-order valence-electron chi connectivity index (χ2n) is 3.51. The van der Waals surface area contributed by atoms with Crippen molar-refractivity contribution in [3.05, 3.63) is 0 Å². The van der Waals surface area contributed by atoms with Crippen LogP contribution in [0.15, 0.2) is 0 Å². The van der Waals surface area contributed by atoms with E-state index in [1.165, 1.54) is 0 Å². The molecular weight excluding hydrogens is 168 g/mol. The van der Waals surface area contributed by atoms with Crippen LogP contribution >= 0.6 is 0 Å². The average molecular weight is 186 g/mol. The van der Waals surface area contributed by atoms with Crippen LogP contribution < -0.4 is 10.6 Å². The molecule has 76 valence electrons. The molecule has 0 spiro atoms. The van der Waals surface area contributed by atoms with Crippen molar-refractivity contribution >= 4 is 5.91 Å². The molecule has 4 heteroatoms. The molecule has 2 atom stereocenters. The van der Waals surface area contributed by atoms with Gasteiger partial charge in [-0.3, -0.25) is 4.79 Å². The Hall–Kier alpha value is -0.610. The van der Waals surface area contributed by atoms with Crippen LogP contribution in [0.3, 0.4) is 0 Å². The fourth-order valence-corrected chi connectivity index (χ4v) is 1.66. The normalized spacial score (nSPS) is 28.5. The number of aliphatic hydroxyl groups excluding tert-OH is 1. The molecule has 1 amide bonds. The van der Waals surface area contributed by atoms with Crippen molar-refractivity contribution in [1.29, 1.82) is 0 Å². The molecule has 1 rings (SSSR count).